The normalized spacial score (nSPS) is 10.6. The lowest BCUT2D eigenvalue weighted by atomic mass is 10.1. The van der Waals surface area contributed by atoms with E-state index in [0.29, 0.717) is 11.5 Å². The van der Waals surface area contributed by atoms with Crippen molar-refractivity contribution in [3.8, 4) is 11.5 Å². The molecule has 0 aliphatic rings. The molecule has 122 valence electrons. The molecular formula is C18H17N3O2S. The van der Waals surface area contributed by atoms with Crippen molar-refractivity contribution >= 4 is 40.0 Å². The van der Waals surface area contributed by atoms with Gasteiger partial charge in [0.05, 0.1) is 0 Å². The van der Waals surface area contributed by atoms with Gasteiger partial charge in [-0.2, -0.15) is 0 Å². The van der Waals surface area contributed by atoms with Gasteiger partial charge in [-0.1, -0.05) is 17.2 Å². The zero-order chi connectivity index (χ0) is 17.3. The first kappa shape index (κ1) is 16.1. The van der Waals surface area contributed by atoms with Crippen LogP contribution in [0.5, 0.6) is 0 Å². The van der Waals surface area contributed by atoms with Crippen molar-refractivity contribution in [3.05, 3.63) is 47.5 Å². The zero-order valence-corrected chi connectivity index (χ0v) is 14.5. The SMILES string of the molecule is CC(=O)NC(=S)Nc1ccc2oc(-c3cc(C)cc(C)c3)nc2c1. The summed E-state index contributed by atoms with van der Waals surface area (Å²) < 4.78 is 5.85. The van der Waals surface area contributed by atoms with Crippen LogP contribution in [-0.2, 0) is 4.79 Å². The Hall–Kier alpha value is -2.73. The molecule has 3 aromatic rings. The number of aromatic nitrogens is 1. The number of aryl methyl sites for hydroxylation is 2. The molecule has 3 rings (SSSR count). The Morgan fingerprint density at radius 3 is 2.50 bits per heavy atom. The highest BCUT2D eigenvalue weighted by atomic mass is 32.1. The highest BCUT2D eigenvalue weighted by molar-refractivity contribution is 7.80. The molecule has 0 radical (unpaired) electrons. The second-order valence-electron chi connectivity index (χ2n) is 5.71. The van der Waals surface area contributed by atoms with Crippen LogP contribution in [0.2, 0.25) is 0 Å². The Bertz CT molecular complexity index is 926. The van der Waals surface area contributed by atoms with Crippen molar-refractivity contribution in [1.82, 2.24) is 10.3 Å². The van der Waals surface area contributed by atoms with E-state index in [2.05, 4.69) is 21.7 Å². The number of nitrogens with zero attached hydrogens (tertiary/aromatic N) is 1. The fraction of sp³-hybridized carbons (Fsp3) is 0.167. The quantitative estimate of drug-likeness (QED) is 0.692. The third kappa shape index (κ3) is 3.60. The maximum absolute atomic E-state index is 11.0. The van der Waals surface area contributed by atoms with Gasteiger partial charge < -0.3 is 15.1 Å². The molecule has 0 saturated carbocycles. The summed E-state index contributed by atoms with van der Waals surface area (Å²) >= 11 is 5.06. The number of rotatable bonds is 2. The van der Waals surface area contributed by atoms with Gasteiger partial charge in [-0.05, 0) is 56.4 Å². The molecule has 2 N–H and O–H groups in total. The van der Waals surface area contributed by atoms with E-state index in [1.165, 1.54) is 6.92 Å². The molecule has 5 nitrogen and oxygen atoms in total. The number of nitrogens with one attached hydrogen (secondary N) is 2. The van der Waals surface area contributed by atoms with Crippen LogP contribution in [0.15, 0.2) is 40.8 Å². The van der Waals surface area contributed by atoms with Gasteiger partial charge in [0.2, 0.25) is 11.8 Å². The molecule has 0 fully saturated rings. The largest absolute Gasteiger partial charge is 0.436 e. The summed E-state index contributed by atoms with van der Waals surface area (Å²) in [5, 5.41) is 5.72. The highest BCUT2D eigenvalue weighted by Gasteiger charge is 2.10. The highest BCUT2D eigenvalue weighted by Crippen LogP contribution is 2.27. The number of benzene rings is 2. The van der Waals surface area contributed by atoms with Crippen LogP contribution in [0.25, 0.3) is 22.6 Å². The number of carbonyl (C=O) groups is 1. The average molecular weight is 339 g/mol. The number of thiocarbonyl (C=S) groups is 1. The van der Waals surface area contributed by atoms with E-state index in [4.69, 9.17) is 16.6 Å². The van der Waals surface area contributed by atoms with Crippen LogP contribution < -0.4 is 10.6 Å². The third-order valence-electron chi connectivity index (χ3n) is 3.40. The monoisotopic (exact) mass is 339 g/mol. The van der Waals surface area contributed by atoms with Crippen molar-refractivity contribution in [2.75, 3.05) is 5.32 Å². The number of anilines is 1. The number of hydrogen-bond acceptors (Lipinski definition) is 4. The maximum Gasteiger partial charge on any atom is 0.227 e. The van der Waals surface area contributed by atoms with Crippen LogP contribution >= 0.6 is 12.2 Å². The minimum atomic E-state index is -0.216. The summed E-state index contributed by atoms with van der Waals surface area (Å²) in [4.78, 5) is 15.6. The van der Waals surface area contributed by atoms with Gasteiger partial charge >= 0.3 is 0 Å². The predicted molar refractivity (Wildman–Crippen MR) is 99.0 cm³/mol. The van der Waals surface area contributed by atoms with E-state index in [1.54, 1.807) is 0 Å². The fourth-order valence-electron chi connectivity index (χ4n) is 2.55. The zero-order valence-electron chi connectivity index (χ0n) is 13.6. The van der Waals surface area contributed by atoms with Crippen molar-refractivity contribution in [3.63, 3.8) is 0 Å². The van der Waals surface area contributed by atoms with Gasteiger partial charge in [-0.25, -0.2) is 4.98 Å². The summed E-state index contributed by atoms with van der Waals surface area (Å²) in [6, 6.07) is 11.7. The molecule has 1 aromatic heterocycles. The molecular weight excluding hydrogens is 322 g/mol. The smallest absolute Gasteiger partial charge is 0.227 e. The molecule has 6 heteroatoms. The van der Waals surface area contributed by atoms with E-state index in [1.807, 2.05) is 44.2 Å². The number of fused-ring (bicyclic) bond motifs is 1. The Kier molecular flexibility index (Phi) is 4.31. The van der Waals surface area contributed by atoms with Crippen LogP contribution in [0.1, 0.15) is 18.1 Å². The molecule has 0 atom stereocenters. The van der Waals surface area contributed by atoms with Gasteiger partial charge in [-0.3, -0.25) is 4.79 Å². The summed E-state index contributed by atoms with van der Waals surface area (Å²) in [5.41, 5.74) is 5.43. The first-order valence-electron chi connectivity index (χ1n) is 7.48. The summed E-state index contributed by atoms with van der Waals surface area (Å²) in [6.45, 7) is 5.50. The van der Waals surface area contributed by atoms with Gasteiger partial charge in [0.25, 0.3) is 0 Å². The van der Waals surface area contributed by atoms with Crippen LogP contribution in [0.3, 0.4) is 0 Å². The summed E-state index contributed by atoms with van der Waals surface area (Å²) in [5.74, 6) is 0.366. The standard InChI is InChI=1S/C18H17N3O2S/c1-10-6-11(2)8-13(7-10)17-21-15-9-14(4-5-16(15)23-17)20-18(24)19-12(3)22/h4-9H,1-3H3,(H2,19,20,22,24). The van der Waals surface area contributed by atoms with E-state index >= 15 is 0 Å². The van der Waals surface area contributed by atoms with Crippen LogP contribution in [0, 0.1) is 13.8 Å². The van der Waals surface area contributed by atoms with Crippen molar-refractivity contribution in [1.29, 1.82) is 0 Å². The minimum absolute atomic E-state index is 0.216. The van der Waals surface area contributed by atoms with Crippen molar-refractivity contribution < 1.29 is 9.21 Å². The van der Waals surface area contributed by atoms with E-state index in [9.17, 15) is 4.79 Å². The fourth-order valence-corrected chi connectivity index (χ4v) is 2.81. The summed E-state index contributed by atoms with van der Waals surface area (Å²) in [7, 11) is 0. The second kappa shape index (κ2) is 6.41. The number of amides is 1. The maximum atomic E-state index is 11.0. The predicted octanol–water partition coefficient (Wildman–Crippen LogP) is 3.94. The van der Waals surface area contributed by atoms with Crippen LogP contribution in [-0.4, -0.2) is 16.0 Å². The van der Waals surface area contributed by atoms with Crippen molar-refractivity contribution in [2.45, 2.75) is 20.8 Å². The molecule has 0 bridgehead atoms. The topological polar surface area (TPSA) is 67.2 Å². The lowest BCUT2D eigenvalue weighted by Gasteiger charge is -2.07. The van der Waals surface area contributed by atoms with Gasteiger partial charge in [0.1, 0.15) is 5.52 Å². The first-order chi connectivity index (χ1) is 11.4. The van der Waals surface area contributed by atoms with Gasteiger partial charge in [-0.15, -0.1) is 0 Å². The first-order valence-corrected chi connectivity index (χ1v) is 7.89. The Labute approximate surface area is 145 Å². The molecule has 0 unspecified atom stereocenters. The Morgan fingerprint density at radius 1 is 1.12 bits per heavy atom. The molecule has 0 aliphatic carbocycles. The van der Waals surface area contributed by atoms with Crippen LogP contribution in [0.4, 0.5) is 5.69 Å². The average Bonchev–Trinajstić information content (AvgIpc) is 2.88. The van der Waals surface area contributed by atoms with E-state index in [0.717, 1.165) is 27.9 Å². The van der Waals surface area contributed by atoms with Crippen molar-refractivity contribution in [2.24, 2.45) is 0 Å². The summed E-state index contributed by atoms with van der Waals surface area (Å²) in [6.07, 6.45) is 0. The van der Waals surface area contributed by atoms with Gasteiger partial charge in [0, 0.05) is 18.2 Å². The molecule has 0 saturated heterocycles. The molecule has 0 aliphatic heterocycles. The molecule has 1 heterocycles. The minimum Gasteiger partial charge on any atom is -0.436 e. The Morgan fingerprint density at radius 2 is 1.83 bits per heavy atom. The molecule has 2 aromatic carbocycles. The second-order valence-corrected chi connectivity index (χ2v) is 6.12. The van der Waals surface area contributed by atoms with E-state index in [-0.39, 0.29) is 11.0 Å². The Balaban J connectivity index is 1.91. The number of carbonyl (C=O) groups excluding carboxylic acids is 1. The van der Waals surface area contributed by atoms with E-state index < -0.39 is 0 Å². The number of hydrogen-bond donors (Lipinski definition) is 2. The molecule has 24 heavy (non-hydrogen) atoms. The third-order valence-corrected chi connectivity index (χ3v) is 3.61. The molecule has 1 amide bonds. The number of oxazole rings is 1. The van der Waals surface area contributed by atoms with Gasteiger partial charge in [0.15, 0.2) is 10.7 Å². The lowest BCUT2D eigenvalue weighted by Crippen LogP contribution is -2.32. The lowest BCUT2D eigenvalue weighted by molar-refractivity contribution is -0.117. The molecule has 0 spiro atoms.